The Hall–Kier alpha value is -1.16. The van der Waals surface area contributed by atoms with Crippen LogP contribution in [0.4, 0.5) is 0 Å². The van der Waals surface area contributed by atoms with E-state index < -0.39 is 0 Å². The molecule has 0 unspecified atom stereocenters. The first-order chi connectivity index (χ1) is 7.29. The zero-order chi connectivity index (χ0) is 10.4. The van der Waals surface area contributed by atoms with Crippen LogP contribution in [0.1, 0.15) is 29.2 Å². The quantitative estimate of drug-likeness (QED) is 0.782. The van der Waals surface area contributed by atoms with Crippen molar-refractivity contribution in [3.63, 3.8) is 0 Å². The minimum Gasteiger partial charge on any atom is -0.328 e. The van der Waals surface area contributed by atoms with Crippen LogP contribution in [0.2, 0.25) is 0 Å². The van der Waals surface area contributed by atoms with Gasteiger partial charge in [0.25, 0.3) is 0 Å². The third kappa shape index (κ3) is 1.40. The summed E-state index contributed by atoms with van der Waals surface area (Å²) in [5.41, 5.74) is 1.59. The number of hydrogen-bond acceptors (Lipinski definition) is 2. The van der Waals surface area contributed by atoms with Crippen molar-refractivity contribution < 1.29 is 4.79 Å². The predicted octanol–water partition coefficient (Wildman–Crippen LogP) is 2.95. The van der Waals surface area contributed by atoms with Gasteiger partial charge < -0.3 is 4.57 Å². The summed E-state index contributed by atoms with van der Waals surface area (Å²) in [4.78, 5) is 15.0. The second-order valence-electron chi connectivity index (χ2n) is 3.87. The zero-order valence-corrected chi connectivity index (χ0v) is 9.57. The minimum atomic E-state index is 0.605. The summed E-state index contributed by atoms with van der Waals surface area (Å²) >= 11 is 3.50. The first-order valence-corrected chi connectivity index (χ1v) is 5.70. The van der Waals surface area contributed by atoms with Gasteiger partial charge in [0.15, 0.2) is 6.29 Å². The molecule has 0 spiro atoms. The standard InChI is InChI=1S/C11H9BrN2O/c12-10-5-14(8-1-2-8)11-9(10)3-7(6-15)4-13-11/h3-6,8H,1-2H2. The maximum absolute atomic E-state index is 10.7. The SMILES string of the molecule is O=Cc1cnc2c(c1)c(Br)cn2C1CC1. The summed E-state index contributed by atoms with van der Waals surface area (Å²) in [7, 11) is 0. The van der Waals surface area contributed by atoms with E-state index in [0.29, 0.717) is 11.6 Å². The Labute approximate surface area is 95.2 Å². The summed E-state index contributed by atoms with van der Waals surface area (Å²) in [6.45, 7) is 0. The highest BCUT2D eigenvalue weighted by atomic mass is 79.9. The van der Waals surface area contributed by atoms with Crippen LogP contribution in [0.3, 0.4) is 0 Å². The van der Waals surface area contributed by atoms with Crippen LogP contribution in [-0.2, 0) is 0 Å². The third-order valence-electron chi connectivity index (χ3n) is 2.72. The van der Waals surface area contributed by atoms with Gasteiger partial charge in [0.1, 0.15) is 5.65 Å². The lowest BCUT2D eigenvalue weighted by atomic mass is 10.2. The molecular weight excluding hydrogens is 256 g/mol. The van der Waals surface area contributed by atoms with Gasteiger partial charge in [-0.15, -0.1) is 0 Å². The normalized spacial score (nSPS) is 15.8. The van der Waals surface area contributed by atoms with Crippen molar-refractivity contribution >= 4 is 33.2 Å². The zero-order valence-electron chi connectivity index (χ0n) is 7.98. The molecule has 0 saturated heterocycles. The highest BCUT2D eigenvalue weighted by Crippen LogP contribution is 2.39. The molecule has 1 fully saturated rings. The molecule has 0 radical (unpaired) electrons. The largest absolute Gasteiger partial charge is 0.328 e. The summed E-state index contributed by atoms with van der Waals surface area (Å²) < 4.78 is 3.20. The molecule has 0 aliphatic heterocycles. The number of carbonyl (C=O) groups excluding carboxylic acids is 1. The van der Waals surface area contributed by atoms with E-state index >= 15 is 0 Å². The van der Waals surface area contributed by atoms with E-state index in [1.165, 1.54) is 12.8 Å². The van der Waals surface area contributed by atoms with Gasteiger partial charge in [-0.1, -0.05) is 0 Å². The summed E-state index contributed by atoms with van der Waals surface area (Å²) in [6.07, 6.45) is 6.97. The van der Waals surface area contributed by atoms with Gasteiger partial charge in [-0.25, -0.2) is 4.98 Å². The van der Waals surface area contributed by atoms with Crippen LogP contribution in [0.15, 0.2) is 22.9 Å². The molecule has 76 valence electrons. The van der Waals surface area contributed by atoms with Gasteiger partial charge in [-0.3, -0.25) is 4.79 Å². The molecule has 0 bridgehead atoms. The fourth-order valence-corrected chi connectivity index (χ4v) is 2.32. The molecule has 15 heavy (non-hydrogen) atoms. The highest BCUT2D eigenvalue weighted by Gasteiger charge is 2.26. The van der Waals surface area contributed by atoms with Crippen LogP contribution in [-0.4, -0.2) is 15.8 Å². The first kappa shape index (κ1) is 9.09. The van der Waals surface area contributed by atoms with Crippen LogP contribution in [0.5, 0.6) is 0 Å². The average molecular weight is 265 g/mol. The number of pyridine rings is 1. The summed E-state index contributed by atoms with van der Waals surface area (Å²) in [5.74, 6) is 0. The molecule has 3 rings (SSSR count). The predicted molar refractivity (Wildman–Crippen MR) is 61.1 cm³/mol. The van der Waals surface area contributed by atoms with Crippen molar-refractivity contribution in [1.82, 2.24) is 9.55 Å². The Balaban J connectivity index is 2.28. The van der Waals surface area contributed by atoms with E-state index in [1.807, 2.05) is 6.07 Å². The molecule has 2 aromatic rings. The fraction of sp³-hybridized carbons (Fsp3) is 0.273. The molecule has 0 atom stereocenters. The lowest BCUT2D eigenvalue weighted by Crippen LogP contribution is -1.93. The van der Waals surface area contributed by atoms with Crippen LogP contribution < -0.4 is 0 Å². The first-order valence-electron chi connectivity index (χ1n) is 4.91. The van der Waals surface area contributed by atoms with E-state index in [0.717, 1.165) is 21.8 Å². The second-order valence-corrected chi connectivity index (χ2v) is 4.73. The molecule has 0 aromatic carbocycles. The Bertz CT molecular complexity index is 543. The lowest BCUT2D eigenvalue weighted by molar-refractivity contribution is 0.112. The summed E-state index contributed by atoms with van der Waals surface area (Å²) in [5, 5.41) is 1.02. The van der Waals surface area contributed by atoms with Crippen molar-refractivity contribution in [3.8, 4) is 0 Å². The van der Waals surface area contributed by atoms with Gasteiger partial charge in [0.2, 0.25) is 0 Å². The monoisotopic (exact) mass is 264 g/mol. The Morgan fingerprint density at radius 1 is 1.53 bits per heavy atom. The average Bonchev–Trinajstić information content (AvgIpc) is 3.05. The van der Waals surface area contributed by atoms with Crippen molar-refractivity contribution in [2.75, 3.05) is 0 Å². The van der Waals surface area contributed by atoms with E-state index in [9.17, 15) is 4.79 Å². The Morgan fingerprint density at radius 2 is 2.33 bits per heavy atom. The number of fused-ring (bicyclic) bond motifs is 1. The van der Waals surface area contributed by atoms with E-state index in [2.05, 4.69) is 31.7 Å². The van der Waals surface area contributed by atoms with Gasteiger partial charge in [0.05, 0.1) is 0 Å². The molecule has 4 heteroatoms. The molecule has 3 nitrogen and oxygen atoms in total. The van der Waals surface area contributed by atoms with Gasteiger partial charge in [0, 0.05) is 33.9 Å². The Morgan fingerprint density at radius 3 is 3.00 bits per heavy atom. The summed E-state index contributed by atoms with van der Waals surface area (Å²) in [6, 6.07) is 2.48. The number of hydrogen-bond donors (Lipinski definition) is 0. The minimum absolute atomic E-state index is 0.605. The van der Waals surface area contributed by atoms with Crippen molar-refractivity contribution in [2.24, 2.45) is 0 Å². The smallest absolute Gasteiger partial charge is 0.151 e. The number of aromatic nitrogens is 2. The van der Waals surface area contributed by atoms with Crippen molar-refractivity contribution in [1.29, 1.82) is 0 Å². The molecular formula is C11H9BrN2O. The van der Waals surface area contributed by atoms with E-state index in [4.69, 9.17) is 0 Å². The maximum atomic E-state index is 10.7. The molecule has 2 aromatic heterocycles. The fourth-order valence-electron chi connectivity index (χ4n) is 1.80. The van der Waals surface area contributed by atoms with Crippen LogP contribution in [0, 0.1) is 0 Å². The van der Waals surface area contributed by atoms with Crippen LogP contribution >= 0.6 is 15.9 Å². The Kier molecular flexibility index (Phi) is 1.92. The molecule has 1 aliphatic rings. The maximum Gasteiger partial charge on any atom is 0.151 e. The number of carbonyl (C=O) groups is 1. The third-order valence-corrected chi connectivity index (χ3v) is 3.35. The number of aldehydes is 1. The topological polar surface area (TPSA) is 34.9 Å². The van der Waals surface area contributed by atoms with E-state index in [1.54, 1.807) is 6.20 Å². The molecule has 1 saturated carbocycles. The van der Waals surface area contributed by atoms with Gasteiger partial charge >= 0.3 is 0 Å². The molecule has 1 aliphatic carbocycles. The van der Waals surface area contributed by atoms with E-state index in [-0.39, 0.29) is 0 Å². The number of halogens is 1. The second kappa shape index (κ2) is 3.17. The van der Waals surface area contributed by atoms with Gasteiger partial charge in [-0.2, -0.15) is 0 Å². The highest BCUT2D eigenvalue weighted by molar-refractivity contribution is 9.10. The lowest BCUT2D eigenvalue weighted by Gasteiger charge is -2.00. The van der Waals surface area contributed by atoms with Crippen molar-refractivity contribution in [3.05, 3.63) is 28.5 Å². The number of rotatable bonds is 2. The molecule has 0 amide bonds. The van der Waals surface area contributed by atoms with Crippen molar-refractivity contribution in [2.45, 2.75) is 18.9 Å². The molecule has 2 heterocycles. The van der Waals surface area contributed by atoms with Gasteiger partial charge in [-0.05, 0) is 34.8 Å². The van der Waals surface area contributed by atoms with Crippen LogP contribution in [0.25, 0.3) is 11.0 Å². The molecule has 0 N–H and O–H groups in total. The number of nitrogens with zero attached hydrogens (tertiary/aromatic N) is 2.